The Kier molecular flexibility index (Phi) is 4.29. The van der Waals surface area contributed by atoms with Gasteiger partial charge in [-0.3, -0.25) is 0 Å². The van der Waals surface area contributed by atoms with Crippen LogP contribution in [0.3, 0.4) is 0 Å². The molecule has 0 saturated carbocycles. The minimum atomic E-state index is -1.07. The van der Waals surface area contributed by atoms with Gasteiger partial charge in [-0.05, 0) is 40.2 Å². The van der Waals surface area contributed by atoms with Crippen molar-refractivity contribution in [3.63, 3.8) is 0 Å². The van der Waals surface area contributed by atoms with Crippen molar-refractivity contribution >= 4 is 56.6 Å². The summed E-state index contributed by atoms with van der Waals surface area (Å²) in [6.07, 6.45) is 1.49. The van der Waals surface area contributed by atoms with E-state index < -0.39 is 5.97 Å². The summed E-state index contributed by atoms with van der Waals surface area (Å²) >= 11 is 15.3. The number of pyridine rings is 1. The molecule has 2 rings (SSSR count). The van der Waals surface area contributed by atoms with Crippen LogP contribution in [-0.4, -0.2) is 16.1 Å². The fraction of sp³-hybridized carbons (Fsp3) is 0. The summed E-state index contributed by atoms with van der Waals surface area (Å²) in [6, 6.07) is 6.38. The monoisotopic (exact) mass is 360 g/mol. The molecule has 0 aliphatic rings. The van der Waals surface area contributed by atoms with E-state index in [2.05, 4.69) is 26.2 Å². The molecule has 0 unspecified atom stereocenters. The summed E-state index contributed by atoms with van der Waals surface area (Å²) in [5.41, 5.74) is 0.536. The van der Waals surface area contributed by atoms with Crippen LogP contribution in [0, 0.1) is 0 Å². The maximum absolute atomic E-state index is 11.1. The zero-order valence-corrected chi connectivity index (χ0v) is 12.4. The van der Waals surface area contributed by atoms with E-state index in [0.29, 0.717) is 15.2 Å². The molecule has 0 fully saturated rings. The van der Waals surface area contributed by atoms with Crippen molar-refractivity contribution in [2.45, 2.75) is 0 Å². The van der Waals surface area contributed by atoms with Crippen LogP contribution in [0.1, 0.15) is 10.4 Å². The molecule has 1 aromatic heterocycles. The van der Waals surface area contributed by atoms with Crippen LogP contribution in [0.2, 0.25) is 10.0 Å². The van der Waals surface area contributed by atoms with Crippen molar-refractivity contribution in [1.82, 2.24) is 4.98 Å². The minimum absolute atomic E-state index is 0.0533. The molecule has 4 nitrogen and oxygen atoms in total. The molecule has 98 valence electrons. The standard InChI is InChI=1S/C12H7BrCl2N2O2/c13-7-3-4-8(10(15)9(7)14)17-11-6(12(18)19)2-1-5-16-11/h1-5H,(H,16,17)(H,18,19). The molecule has 19 heavy (non-hydrogen) atoms. The Labute approximate surface area is 127 Å². The number of aromatic nitrogens is 1. The maximum Gasteiger partial charge on any atom is 0.339 e. The van der Waals surface area contributed by atoms with E-state index in [0.717, 1.165) is 0 Å². The average molecular weight is 362 g/mol. The molecule has 0 bridgehead atoms. The number of halogens is 3. The van der Waals surface area contributed by atoms with Gasteiger partial charge in [0.25, 0.3) is 0 Å². The predicted molar refractivity (Wildman–Crippen MR) is 78.6 cm³/mol. The van der Waals surface area contributed by atoms with Crippen LogP contribution in [0.25, 0.3) is 0 Å². The van der Waals surface area contributed by atoms with E-state index in [1.807, 2.05) is 0 Å². The lowest BCUT2D eigenvalue weighted by atomic mass is 10.2. The van der Waals surface area contributed by atoms with Gasteiger partial charge in [0.05, 0.1) is 15.7 Å². The number of carboxylic acids is 1. The lowest BCUT2D eigenvalue weighted by molar-refractivity contribution is 0.0697. The van der Waals surface area contributed by atoms with Crippen LogP contribution in [-0.2, 0) is 0 Å². The highest BCUT2D eigenvalue weighted by Crippen LogP contribution is 2.37. The first kappa shape index (κ1) is 14.1. The van der Waals surface area contributed by atoms with Crippen LogP contribution in [0.4, 0.5) is 11.5 Å². The zero-order chi connectivity index (χ0) is 14.0. The molecular formula is C12H7BrCl2N2O2. The summed E-state index contributed by atoms with van der Waals surface area (Å²) in [5, 5.41) is 12.6. The van der Waals surface area contributed by atoms with Crippen molar-refractivity contribution < 1.29 is 9.90 Å². The van der Waals surface area contributed by atoms with E-state index in [1.165, 1.54) is 12.3 Å². The maximum atomic E-state index is 11.1. The van der Waals surface area contributed by atoms with E-state index in [9.17, 15) is 4.79 Å². The van der Waals surface area contributed by atoms with E-state index in [1.54, 1.807) is 18.2 Å². The van der Waals surface area contributed by atoms with E-state index in [-0.39, 0.29) is 16.4 Å². The van der Waals surface area contributed by atoms with Gasteiger partial charge >= 0.3 is 5.97 Å². The molecule has 1 heterocycles. The number of nitrogens with one attached hydrogen (secondary N) is 1. The third-order valence-corrected chi connectivity index (χ3v) is 4.10. The van der Waals surface area contributed by atoms with Crippen LogP contribution >= 0.6 is 39.1 Å². The molecule has 0 aliphatic heterocycles. The molecule has 0 radical (unpaired) electrons. The van der Waals surface area contributed by atoms with Crippen LogP contribution in [0.5, 0.6) is 0 Å². The fourth-order valence-corrected chi connectivity index (χ4v) is 2.25. The van der Waals surface area contributed by atoms with E-state index >= 15 is 0 Å². The quantitative estimate of drug-likeness (QED) is 0.784. The second-order valence-electron chi connectivity index (χ2n) is 3.55. The Bertz CT molecular complexity index is 650. The van der Waals surface area contributed by atoms with Crippen LogP contribution in [0.15, 0.2) is 34.9 Å². The second kappa shape index (κ2) is 5.77. The molecule has 2 N–H and O–H groups in total. The summed E-state index contributed by atoms with van der Waals surface area (Å²) < 4.78 is 0.657. The largest absolute Gasteiger partial charge is 0.478 e. The highest BCUT2D eigenvalue weighted by molar-refractivity contribution is 9.10. The molecule has 0 aliphatic carbocycles. The molecule has 0 atom stereocenters. The first-order valence-electron chi connectivity index (χ1n) is 5.09. The highest BCUT2D eigenvalue weighted by atomic mass is 79.9. The van der Waals surface area contributed by atoms with Crippen molar-refractivity contribution in [2.75, 3.05) is 5.32 Å². The molecule has 2 aromatic rings. The Morgan fingerprint density at radius 1 is 1.26 bits per heavy atom. The van der Waals surface area contributed by atoms with Gasteiger partial charge in [-0.25, -0.2) is 9.78 Å². The summed E-state index contributed by atoms with van der Waals surface area (Å²) in [7, 11) is 0. The van der Waals surface area contributed by atoms with Crippen molar-refractivity contribution in [2.24, 2.45) is 0 Å². The second-order valence-corrected chi connectivity index (χ2v) is 5.16. The fourth-order valence-electron chi connectivity index (χ4n) is 1.43. The zero-order valence-electron chi connectivity index (χ0n) is 9.32. The highest BCUT2D eigenvalue weighted by Gasteiger charge is 2.14. The summed E-state index contributed by atoms with van der Waals surface area (Å²) in [6.45, 7) is 0. The van der Waals surface area contributed by atoms with Crippen LogP contribution < -0.4 is 5.32 Å². The lowest BCUT2D eigenvalue weighted by Crippen LogP contribution is -2.04. The van der Waals surface area contributed by atoms with Gasteiger partial charge in [0, 0.05) is 10.7 Å². The summed E-state index contributed by atoms with van der Waals surface area (Å²) in [5.74, 6) is -0.870. The van der Waals surface area contributed by atoms with Gasteiger partial charge in [0.1, 0.15) is 11.4 Å². The number of hydrogen-bond donors (Lipinski definition) is 2. The third kappa shape index (κ3) is 3.00. The first-order valence-corrected chi connectivity index (χ1v) is 6.64. The SMILES string of the molecule is O=C(O)c1cccnc1Nc1ccc(Br)c(Cl)c1Cl. The van der Waals surface area contributed by atoms with Crippen molar-refractivity contribution in [1.29, 1.82) is 0 Å². The molecule has 0 saturated heterocycles. The number of rotatable bonds is 3. The molecule has 7 heteroatoms. The Morgan fingerprint density at radius 3 is 2.68 bits per heavy atom. The molecular weight excluding hydrogens is 355 g/mol. The molecule has 1 aromatic carbocycles. The first-order chi connectivity index (χ1) is 9.00. The number of nitrogens with zero attached hydrogens (tertiary/aromatic N) is 1. The smallest absolute Gasteiger partial charge is 0.339 e. The number of anilines is 2. The van der Waals surface area contributed by atoms with Gasteiger partial charge in [-0.1, -0.05) is 23.2 Å². The normalized spacial score (nSPS) is 10.3. The predicted octanol–water partition coefficient (Wildman–Crippen LogP) is 4.59. The van der Waals surface area contributed by atoms with Crippen molar-refractivity contribution in [3.8, 4) is 0 Å². The Balaban J connectivity index is 2.42. The van der Waals surface area contributed by atoms with E-state index in [4.69, 9.17) is 28.3 Å². The van der Waals surface area contributed by atoms with Gasteiger partial charge in [0.15, 0.2) is 0 Å². The molecule has 0 spiro atoms. The number of hydrogen-bond acceptors (Lipinski definition) is 3. The van der Waals surface area contributed by atoms with Gasteiger partial charge < -0.3 is 10.4 Å². The Hall–Kier alpha value is -1.30. The Morgan fingerprint density at radius 2 is 2.00 bits per heavy atom. The van der Waals surface area contributed by atoms with Gasteiger partial charge in [-0.15, -0.1) is 0 Å². The number of benzene rings is 1. The summed E-state index contributed by atoms with van der Waals surface area (Å²) in [4.78, 5) is 15.1. The van der Waals surface area contributed by atoms with Gasteiger partial charge in [0.2, 0.25) is 0 Å². The molecule has 0 amide bonds. The third-order valence-electron chi connectivity index (χ3n) is 2.33. The van der Waals surface area contributed by atoms with Gasteiger partial charge in [-0.2, -0.15) is 0 Å². The number of carbonyl (C=O) groups is 1. The average Bonchev–Trinajstić information content (AvgIpc) is 2.40. The van der Waals surface area contributed by atoms with Crippen molar-refractivity contribution in [3.05, 3.63) is 50.5 Å². The lowest BCUT2D eigenvalue weighted by Gasteiger charge is -2.11. The number of aromatic carboxylic acids is 1. The minimum Gasteiger partial charge on any atom is -0.478 e. The topological polar surface area (TPSA) is 62.2 Å². The number of carboxylic acid groups (broad SMARTS) is 1.